The molecule has 1 aromatic heterocycles. The molecule has 1 aromatic carbocycles. The SMILES string of the molecule is Cc1ccc(C)c([C@@H](C)NC(=O)c2ccc(N3CCOCC3)nc2)c1. The van der Waals surface area contributed by atoms with Crippen LogP contribution in [0.4, 0.5) is 5.82 Å². The number of hydrogen-bond donors (Lipinski definition) is 1. The number of hydrogen-bond acceptors (Lipinski definition) is 4. The lowest BCUT2D eigenvalue weighted by molar-refractivity contribution is 0.0939. The van der Waals surface area contributed by atoms with E-state index in [1.165, 1.54) is 11.1 Å². The van der Waals surface area contributed by atoms with E-state index in [4.69, 9.17) is 4.74 Å². The fourth-order valence-corrected chi connectivity index (χ4v) is 3.08. The molecule has 2 heterocycles. The minimum atomic E-state index is -0.102. The summed E-state index contributed by atoms with van der Waals surface area (Å²) >= 11 is 0. The number of aromatic nitrogens is 1. The second-order valence-electron chi connectivity index (χ2n) is 6.56. The molecule has 1 fully saturated rings. The van der Waals surface area contributed by atoms with Crippen LogP contribution < -0.4 is 10.2 Å². The average molecular weight is 339 g/mol. The molecule has 0 saturated carbocycles. The van der Waals surface area contributed by atoms with Gasteiger partial charge in [-0.15, -0.1) is 0 Å². The summed E-state index contributed by atoms with van der Waals surface area (Å²) in [6.45, 7) is 9.25. The maximum absolute atomic E-state index is 12.5. The van der Waals surface area contributed by atoms with E-state index >= 15 is 0 Å². The van der Waals surface area contributed by atoms with Crippen LogP contribution in [0.1, 0.15) is 40.0 Å². The highest BCUT2D eigenvalue weighted by atomic mass is 16.5. The van der Waals surface area contributed by atoms with Crippen LogP contribution in [0.15, 0.2) is 36.5 Å². The first kappa shape index (κ1) is 17.4. The minimum absolute atomic E-state index is 0.0497. The van der Waals surface area contributed by atoms with Gasteiger partial charge in [-0.3, -0.25) is 4.79 Å². The summed E-state index contributed by atoms with van der Waals surface area (Å²) in [4.78, 5) is 19.1. The molecule has 1 N–H and O–H groups in total. The first-order valence-electron chi connectivity index (χ1n) is 8.71. The zero-order chi connectivity index (χ0) is 17.8. The summed E-state index contributed by atoms with van der Waals surface area (Å²) < 4.78 is 5.35. The minimum Gasteiger partial charge on any atom is -0.378 e. The Morgan fingerprint density at radius 2 is 1.96 bits per heavy atom. The molecule has 1 amide bonds. The van der Waals surface area contributed by atoms with Crippen LogP contribution in [0.25, 0.3) is 0 Å². The van der Waals surface area contributed by atoms with Gasteiger partial charge in [0.2, 0.25) is 0 Å². The molecule has 2 aromatic rings. The third-order valence-corrected chi connectivity index (χ3v) is 4.59. The monoisotopic (exact) mass is 339 g/mol. The molecule has 0 spiro atoms. The van der Waals surface area contributed by atoms with E-state index < -0.39 is 0 Å². The van der Waals surface area contributed by atoms with Crippen molar-refractivity contribution in [1.82, 2.24) is 10.3 Å². The van der Waals surface area contributed by atoms with Gasteiger partial charge in [0.05, 0.1) is 24.8 Å². The molecule has 0 bridgehead atoms. The van der Waals surface area contributed by atoms with Crippen molar-refractivity contribution in [3.63, 3.8) is 0 Å². The third-order valence-electron chi connectivity index (χ3n) is 4.59. The topological polar surface area (TPSA) is 54.5 Å². The van der Waals surface area contributed by atoms with E-state index in [0.717, 1.165) is 37.7 Å². The number of rotatable bonds is 4. The Kier molecular flexibility index (Phi) is 5.34. The Hall–Kier alpha value is -2.40. The number of nitrogens with one attached hydrogen (secondary N) is 1. The smallest absolute Gasteiger partial charge is 0.253 e. The van der Waals surface area contributed by atoms with Crippen LogP contribution in [0, 0.1) is 13.8 Å². The molecule has 1 aliphatic rings. The van der Waals surface area contributed by atoms with E-state index in [-0.39, 0.29) is 11.9 Å². The van der Waals surface area contributed by atoms with E-state index in [1.807, 2.05) is 19.1 Å². The van der Waals surface area contributed by atoms with Crippen LogP contribution in [0.3, 0.4) is 0 Å². The second kappa shape index (κ2) is 7.66. The fourth-order valence-electron chi connectivity index (χ4n) is 3.08. The predicted molar refractivity (Wildman–Crippen MR) is 99.1 cm³/mol. The van der Waals surface area contributed by atoms with Gasteiger partial charge in [0.15, 0.2) is 0 Å². The molecule has 3 rings (SSSR count). The summed E-state index contributed by atoms with van der Waals surface area (Å²) in [7, 11) is 0. The van der Waals surface area contributed by atoms with Gasteiger partial charge in [0, 0.05) is 19.3 Å². The van der Waals surface area contributed by atoms with Crippen LogP contribution in [-0.2, 0) is 4.74 Å². The predicted octanol–water partition coefficient (Wildman–Crippen LogP) is 3.03. The number of morpholine rings is 1. The molecule has 5 nitrogen and oxygen atoms in total. The quantitative estimate of drug-likeness (QED) is 0.930. The third kappa shape index (κ3) is 4.17. The number of pyridine rings is 1. The molecule has 0 unspecified atom stereocenters. The second-order valence-corrected chi connectivity index (χ2v) is 6.56. The van der Waals surface area contributed by atoms with E-state index in [0.29, 0.717) is 5.56 Å². The number of carbonyl (C=O) groups is 1. The van der Waals surface area contributed by atoms with Crippen molar-refractivity contribution in [3.05, 3.63) is 58.8 Å². The van der Waals surface area contributed by atoms with Crippen LogP contribution in [0.2, 0.25) is 0 Å². The van der Waals surface area contributed by atoms with Crippen LogP contribution in [0.5, 0.6) is 0 Å². The number of amides is 1. The van der Waals surface area contributed by atoms with Crippen molar-refractivity contribution in [2.45, 2.75) is 26.8 Å². The van der Waals surface area contributed by atoms with Gasteiger partial charge >= 0.3 is 0 Å². The lowest BCUT2D eigenvalue weighted by Crippen LogP contribution is -2.36. The van der Waals surface area contributed by atoms with Crippen molar-refractivity contribution in [2.24, 2.45) is 0 Å². The standard InChI is InChI=1S/C20H25N3O2/c1-14-4-5-15(2)18(12-14)16(3)22-20(24)17-6-7-19(21-13-17)23-8-10-25-11-9-23/h4-7,12-13,16H,8-11H2,1-3H3,(H,22,24)/t16-/m1/s1. The lowest BCUT2D eigenvalue weighted by Gasteiger charge is -2.27. The molecule has 0 aliphatic carbocycles. The summed E-state index contributed by atoms with van der Waals surface area (Å²) in [5.41, 5.74) is 4.10. The van der Waals surface area contributed by atoms with Gasteiger partial charge in [-0.2, -0.15) is 0 Å². The van der Waals surface area contributed by atoms with Gasteiger partial charge < -0.3 is 15.0 Å². The molecule has 1 saturated heterocycles. The Morgan fingerprint density at radius 1 is 1.20 bits per heavy atom. The zero-order valence-corrected chi connectivity index (χ0v) is 15.1. The maximum Gasteiger partial charge on any atom is 0.253 e. The maximum atomic E-state index is 12.5. The normalized spacial score (nSPS) is 15.7. The highest BCUT2D eigenvalue weighted by molar-refractivity contribution is 5.94. The number of carbonyl (C=O) groups excluding carboxylic acids is 1. The number of ether oxygens (including phenoxy) is 1. The largest absolute Gasteiger partial charge is 0.378 e. The molecule has 0 radical (unpaired) electrons. The average Bonchev–Trinajstić information content (AvgIpc) is 2.64. The van der Waals surface area contributed by atoms with Crippen molar-refractivity contribution in [3.8, 4) is 0 Å². The van der Waals surface area contributed by atoms with Gasteiger partial charge in [-0.1, -0.05) is 23.8 Å². The number of nitrogens with zero attached hydrogens (tertiary/aromatic N) is 2. The van der Waals surface area contributed by atoms with Gasteiger partial charge in [-0.25, -0.2) is 4.98 Å². The zero-order valence-electron chi connectivity index (χ0n) is 15.1. The summed E-state index contributed by atoms with van der Waals surface area (Å²) in [6, 6.07) is 9.99. The Morgan fingerprint density at radius 3 is 2.64 bits per heavy atom. The summed E-state index contributed by atoms with van der Waals surface area (Å²) in [5, 5.41) is 3.07. The van der Waals surface area contributed by atoms with Gasteiger partial charge in [0.25, 0.3) is 5.91 Å². The molecule has 1 atom stereocenters. The van der Waals surface area contributed by atoms with E-state index in [1.54, 1.807) is 6.20 Å². The first-order valence-corrected chi connectivity index (χ1v) is 8.71. The van der Waals surface area contributed by atoms with Gasteiger partial charge in [-0.05, 0) is 44.0 Å². The lowest BCUT2D eigenvalue weighted by atomic mass is 10.00. The molecule has 25 heavy (non-hydrogen) atoms. The fraction of sp³-hybridized carbons (Fsp3) is 0.400. The Bertz CT molecular complexity index is 737. The van der Waals surface area contributed by atoms with Crippen molar-refractivity contribution in [1.29, 1.82) is 0 Å². The highest BCUT2D eigenvalue weighted by Crippen LogP contribution is 2.20. The van der Waals surface area contributed by atoms with Crippen LogP contribution >= 0.6 is 0 Å². The molecule has 132 valence electrons. The number of anilines is 1. The first-order chi connectivity index (χ1) is 12.0. The van der Waals surface area contributed by atoms with Crippen LogP contribution in [-0.4, -0.2) is 37.2 Å². The van der Waals surface area contributed by atoms with Gasteiger partial charge in [0.1, 0.15) is 5.82 Å². The highest BCUT2D eigenvalue weighted by Gasteiger charge is 2.16. The summed E-state index contributed by atoms with van der Waals surface area (Å²) in [5.74, 6) is 0.789. The Labute approximate surface area is 149 Å². The van der Waals surface area contributed by atoms with E-state index in [9.17, 15) is 4.79 Å². The van der Waals surface area contributed by atoms with E-state index in [2.05, 4.69) is 47.2 Å². The van der Waals surface area contributed by atoms with Crippen molar-refractivity contribution < 1.29 is 9.53 Å². The number of benzene rings is 1. The Balaban J connectivity index is 1.67. The number of aryl methyl sites for hydroxylation is 2. The van der Waals surface area contributed by atoms with Crippen molar-refractivity contribution >= 4 is 11.7 Å². The molecule has 1 aliphatic heterocycles. The van der Waals surface area contributed by atoms with Crippen molar-refractivity contribution in [2.75, 3.05) is 31.2 Å². The summed E-state index contributed by atoms with van der Waals surface area (Å²) in [6.07, 6.45) is 1.65. The molecular formula is C20H25N3O2. The molecule has 5 heteroatoms. The molecular weight excluding hydrogens is 314 g/mol.